The molecule has 0 fully saturated rings. The number of anilines is 1. The molecule has 19 heavy (non-hydrogen) atoms. The SMILES string of the molecule is CCC(C)(O)CNC(=O)c1ccc2c(c1)CC(=O)N2. The number of amides is 2. The molecule has 1 aliphatic heterocycles. The summed E-state index contributed by atoms with van der Waals surface area (Å²) in [5, 5.41) is 15.3. The molecule has 1 aromatic carbocycles. The first-order valence-electron chi connectivity index (χ1n) is 6.34. The first kappa shape index (κ1) is 13.5. The lowest BCUT2D eigenvalue weighted by atomic mass is 10.0. The monoisotopic (exact) mass is 262 g/mol. The first-order valence-corrected chi connectivity index (χ1v) is 6.34. The van der Waals surface area contributed by atoms with Gasteiger partial charge in [-0.1, -0.05) is 6.92 Å². The first-order chi connectivity index (χ1) is 8.91. The van der Waals surface area contributed by atoms with Crippen molar-refractivity contribution in [3.05, 3.63) is 29.3 Å². The normalized spacial score (nSPS) is 16.5. The van der Waals surface area contributed by atoms with Gasteiger partial charge in [0.05, 0.1) is 12.0 Å². The minimum absolute atomic E-state index is 0.0542. The second-order valence-electron chi connectivity index (χ2n) is 5.13. The van der Waals surface area contributed by atoms with Gasteiger partial charge in [0, 0.05) is 17.8 Å². The molecule has 0 saturated carbocycles. The summed E-state index contributed by atoms with van der Waals surface area (Å²) in [6.07, 6.45) is 0.874. The molecular formula is C14H18N2O3. The molecule has 5 heteroatoms. The van der Waals surface area contributed by atoms with Crippen molar-refractivity contribution in [1.29, 1.82) is 0 Å². The van der Waals surface area contributed by atoms with E-state index >= 15 is 0 Å². The van der Waals surface area contributed by atoms with Crippen molar-refractivity contribution in [3.63, 3.8) is 0 Å². The Hall–Kier alpha value is -1.88. The lowest BCUT2D eigenvalue weighted by Crippen LogP contribution is -2.40. The Balaban J connectivity index is 2.05. The van der Waals surface area contributed by atoms with Gasteiger partial charge in [0.2, 0.25) is 5.91 Å². The summed E-state index contributed by atoms with van der Waals surface area (Å²) >= 11 is 0. The van der Waals surface area contributed by atoms with Gasteiger partial charge in [-0.2, -0.15) is 0 Å². The molecule has 1 aliphatic rings. The van der Waals surface area contributed by atoms with Gasteiger partial charge in [0.25, 0.3) is 5.91 Å². The summed E-state index contributed by atoms with van der Waals surface area (Å²) < 4.78 is 0. The van der Waals surface area contributed by atoms with Gasteiger partial charge < -0.3 is 15.7 Å². The third-order valence-corrected chi connectivity index (χ3v) is 3.38. The van der Waals surface area contributed by atoms with E-state index in [1.165, 1.54) is 0 Å². The molecule has 1 unspecified atom stereocenters. The molecule has 1 atom stereocenters. The topological polar surface area (TPSA) is 78.4 Å². The van der Waals surface area contributed by atoms with Crippen LogP contribution in [0, 0.1) is 0 Å². The Morgan fingerprint density at radius 3 is 2.95 bits per heavy atom. The fraction of sp³-hybridized carbons (Fsp3) is 0.429. The highest BCUT2D eigenvalue weighted by Gasteiger charge is 2.21. The Labute approximate surface area is 112 Å². The third kappa shape index (κ3) is 3.12. The number of benzene rings is 1. The van der Waals surface area contributed by atoms with Gasteiger partial charge in [0.15, 0.2) is 0 Å². The van der Waals surface area contributed by atoms with E-state index in [1.54, 1.807) is 25.1 Å². The van der Waals surface area contributed by atoms with E-state index < -0.39 is 5.60 Å². The van der Waals surface area contributed by atoms with Gasteiger partial charge in [-0.15, -0.1) is 0 Å². The van der Waals surface area contributed by atoms with E-state index in [-0.39, 0.29) is 18.4 Å². The number of carbonyl (C=O) groups excluding carboxylic acids is 2. The second kappa shape index (κ2) is 5.01. The maximum absolute atomic E-state index is 12.0. The molecular weight excluding hydrogens is 244 g/mol. The number of carbonyl (C=O) groups is 2. The van der Waals surface area contributed by atoms with Crippen LogP contribution in [-0.4, -0.2) is 29.1 Å². The van der Waals surface area contributed by atoms with Crippen LogP contribution in [0.2, 0.25) is 0 Å². The standard InChI is InChI=1S/C14H18N2O3/c1-3-14(2,19)8-15-13(18)9-4-5-11-10(6-9)7-12(17)16-11/h4-6,19H,3,7-8H2,1-2H3,(H,15,18)(H,16,17). The van der Waals surface area contributed by atoms with Crippen LogP contribution in [0.1, 0.15) is 36.2 Å². The molecule has 2 amide bonds. The number of aliphatic hydroxyl groups is 1. The molecule has 2 rings (SSSR count). The average molecular weight is 262 g/mol. The molecule has 0 radical (unpaired) electrons. The largest absolute Gasteiger partial charge is 0.388 e. The Morgan fingerprint density at radius 1 is 1.53 bits per heavy atom. The van der Waals surface area contributed by atoms with Crippen molar-refractivity contribution in [2.45, 2.75) is 32.3 Å². The third-order valence-electron chi connectivity index (χ3n) is 3.38. The van der Waals surface area contributed by atoms with Gasteiger partial charge in [-0.25, -0.2) is 0 Å². The molecule has 0 spiro atoms. The van der Waals surface area contributed by atoms with Crippen LogP contribution in [0.4, 0.5) is 5.69 Å². The van der Waals surface area contributed by atoms with Crippen LogP contribution in [-0.2, 0) is 11.2 Å². The minimum atomic E-state index is -0.899. The lowest BCUT2D eigenvalue weighted by molar-refractivity contribution is -0.115. The molecule has 0 aromatic heterocycles. The van der Waals surface area contributed by atoms with Crippen molar-refractivity contribution >= 4 is 17.5 Å². The van der Waals surface area contributed by atoms with Gasteiger partial charge >= 0.3 is 0 Å². The highest BCUT2D eigenvalue weighted by atomic mass is 16.3. The van der Waals surface area contributed by atoms with Crippen molar-refractivity contribution in [3.8, 4) is 0 Å². The molecule has 0 bridgehead atoms. The number of hydrogen-bond acceptors (Lipinski definition) is 3. The lowest BCUT2D eigenvalue weighted by Gasteiger charge is -2.21. The van der Waals surface area contributed by atoms with Crippen molar-refractivity contribution in [1.82, 2.24) is 5.32 Å². The van der Waals surface area contributed by atoms with Gasteiger partial charge in [-0.05, 0) is 37.1 Å². The fourth-order valence-corrected chi connectivity index (χ4v) is 1.87. The average Bonchev–Trinajstić information content (AvgIpc) is 2.75. The van der Waals surface area contributed by atoms with E-state index in [1.807, 2.05) is 6.92 Å². The molecule has 5 nitrogen and oxygen atoms in total. The van der Waals surface area contributed by atoms with Crippen molar-refractivity contribution in [2.24, 2.45) is 0 Å². The summed E-state index contributed by atoms with van der Waals surface area (Å²) in [6, 6.07) is 5.11. The molecule has 0 aliphatic carbocycles. The highest BCUT2D eigenvalue weighted by molar-refractivity contribution is 6.01. The van der Waals surface area contributed by atoms with E-state index in [0.717, 1.165) is 11.3 Å². The fourth-order valence-electron chi connectivity index (χ4n) is 1.87. The summed E-state index contributed by atoms with van der Waals surface area (Å²) in [4.78, 5) is 23.2. The van der Waals surface area contributed by atoms with Crippen LogP contribution < -0.4 is 10.6 Å². The summed E-state index contributed by atoms with van der Waals surface area (Å²) in [6.45, 7) is 3.74. The predicted octanol–water partition coefficient (Wildman–Crippen LogP) is 1.07. The van der Waals surface area contributed by atoms with E-state index in [2.05, 4.69) is 10.6 Å². The Kier molecular flexibility index (Phi) is 3.57. The highest BCUT2D eigenvalue weighted by Crippen LogP contribution is 2.23. The molecule has 3 N–H and O–H groups in total. The zero-order chi connectivity index (χ0) is 14.0. The van der Waals surface area contributed by atoms with Crippen LogP contribution in [0.5, 0.6) is 0 Å². The Bertz CT molecular complexity index is 523. The zero-order valence-electron chi connectivity index (χ0n) is 11.1. The van der Waals surface area contributed by atoms with E-state index in [0.29, 0.717) is 18.4 Å². The van der Waals surface area contributed by atoms with Crippen molar-refractivity contribution in [2.75, 3.05) is 11.9 Å². The zero-order valence-corrected chi connectivity index (χ0v) is 11.1. The van der Waals surface area contributed by atoms with Crippen LogP contribution >= 0.6 is 0 Å². The van der Waals surface area contributed by atoms with E-state index in [9.17, 15) is 14.7 Å². The molecule has 1 heterocycles. The summed E-state index contributed by atoms with van der Waals surface area (Å²) in [5.41, 5.74) is 1.20. The smallest absolute Gasteiger partial charge is 0.251 e. The summed E-state index contributed by atoms with van der Waals surface area (Å²) in [7, 11) is 0. The minimum Gasteiger partial charge on any atom is -0.388 e. The van der Waals surface area contributed by atoms with Gasteiger partial charge in [-0.3, -0.25) is 9.59 Å². The molecule has 102 valence electrons. The van der Waals surface area contributed by atoms with Crippen molar-refractivity contribution < 1.29 is 14.7 Å². The maximum atomic E-state index is 12.0. The number of fused-ring (bicyclic) bond motifs is 1. The molecule has 1 aromatic rings. The van der Waals surface area contributed by atoms with E-state index in [4.69, 9.17) is 0 Å². The predicted molar refractivity (Wildman–Crippen MR) is 72.0 cm³/mol. The number of nitrogens with one attached hydrogen (secondary N) is 2. The van der Waals surface area contributed by atoms with Crippen LogP contribution in [0.3, 0.4) is 0 Å². The number of hydrogen-bond donors (Lipinski definition) is 3. The number of rotatable bonds is 4. The van der Waals surface area contributed by atoms with Crippen LogP contribution in [0.15, 0.2) is 18.2 Å². The summed E-state index contributed by atoms with van der Waals surface area (Å²) in [5.74, 6) is -0.294. The second-order valence-corrected chi connectivity index (χ2v) is 5.13. The maximum Gasteiger partial charge on any atom is 0.251 e. The quantitative estimate of drug-likeness (QED) is 0.759. The van der Waals surface area contributed by atoms with Gasteiger partial charge in [0.1, 0.15) is 0 Å². The van der Waals surface area contributed by atoms with Crippen LogP contribution in [0.25, 0.3) is 0 Å². The Morgan fingerprint density at radius 2 is 2.26 bits per heavy atom. The molecule has 0 saturated heterocycles.